The largest absolute Gasteiger partial charge is 0.388 e. The predicted molar refractivity (Wildman–Crippen MR) is 111 cm³/mol. The van der Waals surface area contributed by atoms with Gasteiger partial charge in [-0.2, -0.15) is 0 Å². The standard InChI is InChI=1S/C21H22N4O6/c1-11-8-25(21(30)24-19(11)28)9-15-18(27)17(26)14(10-31-15)23-20(29)16-13-5-3-2-4-12(13)6-7-22-16/h2-8,14-15,17-18,26-27H,9-10H2,1H3,(H,23,29)(H,24,28,30)/t14-,15-,17+,18-/m1/s1. The summed E-state index contributed by atoms with van der Waals surface area (Å²) in [5, 5.41) is 25.2. The molecule has 1 aliphatic rings. The summed E-state index contributed by atoms with van der Waals surface area (Å²) in [4.78, 5) is 42.6. The number of aliphatic hydroxyl groups is 2. The fraction of sp³-hybridized carbons (Fsp3) is 0.333. The molecule has 1 fully saturated rings. The van der Waals surface area contributed by atoms with Crippen LogP contribution in [0.4, 0.5) is 0 Å². The zero-order valence-electron chi connectivity index (χ0n) is 16.7. The Bertz CT molecular complexity index is 1230. The van der Waals surface area contributed by atoms with E-state index in [-0.39, 0.29) is 18.8 Å². The number of benzene rings is 1. The molecule has 4 atom stereocenters. The number of aromatic nitrogens is 3. The SMILES string of the molecule is Cc1cn(C[C@H]2OC[C@@H](NC(=O)c3nccc4ccccc34)[C@H](O)[C@@H]2O)c(=O)[nH]c1=O. The van der Waals surface area contributed by atoms with Gasteiger partial charge in [0.05, 0.1) is 19.2 Å². The molecule has 3 heterocycles. The number of rotatable bonds is 4. The van der Waals surface area contributed by atoms with E-state index in [1.807, 2.05) is 12.1 Å². The minimum atomic E-state index is -1.36. The zero-order valence-corrected chi connectivity index (χ0v) is 16.7. The molecule has 31 heavy (non-hydrogen) atoms. The molecule has 0 aliphatic carbocycles. The van der Waals surface area contributed by atoms with Crippen molar-refractivity contribution in [2.75, 3.05) is 6.61 Å². The fourth-order valence-corrected chi connectivity index (χ4v) is 3.66. The fourth-order valence-electron chi connectivity index (χ4n) is 3.66. The minimum Gasteiger partial charge on any atom is -0.388 e. The number of fused-ring (bicyclic) bond motifs is 1. The lowest BCUT2D eigenvalue weighted by molar-refractivity contribution is -0.152. The number of pyridine rings is 1. The number of amides is 1. The van der Waals surface area contributed by atoms with E-state index in [1.165, 1.54) is 17.0 Å². The normalized spacial score (nSPS) is 23.6. The molecule has 3 aromatic rings. The topological polar surface area (TPSA) is 147 Å². The van der Waals surface area contributed by atoms with E-state index in [4.69, 9.17) is 4.74 Å². The van der Waals surface area contributed by atoms with E-state index in [9.17, 15) is 24.6 Å². The van der Waals surface area contributed by atoms with Crippen molar-refractivity contribution in [1.29, 1.82) is 0 Å². The lowest BCUT2D eigenvalue weighted by Crippen LogP contribution is -2.60. The van der Waals surface area contributed by atoms with Crippen molar-refractivity contribution in [2.24, 2.45) is 0 Å². The summed E-state index contributed by atoms with van der Waals surface area (Å²) < 4.78 is 6.83. The van der Waals surface area contributed by atoms with Crippen molar-refractivity contribution < 1.29 is 19.7 Å². The lowest BCUT2D eigenvalue weighted by atomic mass is 9.97. The van der Waals surface area contributed by atoms with Crippen LogP contribution in [-0.4, -0.2) is 61.6 Å². The van der Waals surface area contributed by atoms with Gasteiger partial charge in [0.2, 0.25) is 0 Å². The first-order valence-corrected chi connectivity index (χ1v) is 9.78. The molecule has 162 valence electrons. The predicted octanol–water partition coefficient (Wildman–Crippen LogP) is -0.688. The molecule has 0 unspecified atom stereocenters. The van der Waals surface area contributed by atoms with Crippen LogP contribution in [0.1, 0.15) is 16.1 Å². The highest BCUT2D eigenvalue weighted by Crippen LogP contribution is 2.19. The summed E-state index contributed by atoms with van der Waals surface area (Å²) in [6.07, 6.45) is -0.693. The summed E-state index contributed by atoms with van der Waals surface area (Å²) in [5.41, 5.74) is -0.593. The first-order valence-electron chi connectivity index (χ1n) is 9.78. The Morgan fingerprint density at radius 1 is 1.26 bits per heavy atom. The van der Waals surface area contributed by atoms with Crippen LogP contribution in [0.3, 0.4) is 0 Å². The van der Waals surface area contributed by atoms with Gasteiger partial charge < -0.3 is 20.3 Å². The molecule has 1 aromatic carbocycles. The molecule has 10 heteroatoms. The molecule has 4 N–H and O–H groups in total. The summed E-state index contributed by atoms with van der Waals surface area (Å²) in [5.74, 6) is -0.498. The molecule has 0 bridgehead atoms. The van der Waals surface area contributed by atoms with Crippen LogP contribution in [0.2, 0.25) is 0 Å². The van der Waals surface area contributed by atoms with E-state index in [0.29, 0.717) is 10.9 Å². The van der Waals surface area contributed by atoms with Crippen molar-refractivity contribution in [3.63, 3.8) is 0 Å². The van der Waals surface area contributed by atoms with E-state index >= 15 is 0 Å². The van der Waals surface area contributed by atoms with Crippen molar-refractivity contribution >= 4 is 16.7 Å². The van der Waals surface area contributed by atoms with E-state index in [1.54, 1.807) is 25.1 Å². The average Bonchev–Trinajstić information content (AvgIpc) is 2.76. The number of aromatic amines is 1. The number of carbonyl (C=O) groups excluding carboxylic acids is 1. The summed E-state index contributed by atoms with van der Waals surface area (Å²) in [6.45, 7) is 1.41. The van der Waals surface area contributed by atoms with Gasteiger partial charge in [0.15, 0.2) is 0 Å². The van der Waals surface area contributed by atoms with Crippen molar-refractivity contribution in [3.8, 4) is 0 Å². The molecule has 4 rings (SSSR count). The number of H-pyrrole nitrogens is 1. The minimum absolute atomic E-state index is 0.0692. The second kappa shape index (κ2) is 8.42. The van der Waals surface area contributed by atoms with Crippen molar-refractivity contribution in [1.82, 2.24) is 19.9 Å². The number of carbonyl (C=O) groups is 1. The number of nitrogens with zero attached hydrogens (tertiary/aromatic N) is 2. The van der Waals surface area contributed by atoms with E-state index in [0.717, 1.165) is 5.39 Å². The molecule has 0 radical (unpaired) electrons. The summed E-state index contributed by atoms with van der Waals surface area (Å²) in [6, 6.07) is 8.22. The highest BCUT2D eigenvalue weighted by Gasteiger charge is 2.39. The average molecular weight is 426 g/mol. The van der Waals surface area contributed by atoms with Gasteiger partial charge in [-0.3, -0.25) is 24.1 Å². The maximum Gasteiger partial charge on any atom is 0.328 e. The van der Waals surface area contributed by atoms with E-state index in [2.05, 4.69) is 15.3 Å². The van der Waals surface area contributed by atoms with Gasteiger partial charge in [0.1, 0.15) is 24.0 Å². The van der Waals surface area contributed by atoms with Gasteiger partial charge in [-0.15, -0.1) is 0 Å². The molecule has 1 amide bonds. The Labute approximate surface area is 176 Å². The van der Waals surface area contributed by atoms with Crippen LogP contribution in [0.15, 0.2) is 52.3 Å². The van der Waals surface area contributed by atoms with Crippen LogP contribution in [-0.2, 0) is 11.3 Å². The van der Waals surface area contributed by atoms with Crippen LogP contribution in [0.5, 0.6) is 0 Å². The molecule has 0 spiro atoms. The number of hydrogen-bond donors (Lipinski definition) is 4. The second-order valence-corrected chi connectivity index (χ2v) is 7.54. The van der Waals surface area contributed by atoms with Gasteiger partial charge in [-0.05, 0) is 18.4 Å². The lowest BCUT2D eigenvalue weighted by Gasteiger charge is -2.38. The maximum absolute atomic E-state index is 12.8. The second-order valence-electron chi connectivity index (χ2n) is 7.54. The quantitative estimate of drug-likeness (QED) is 0.432. The number of aliphatic hydroxyl groups excluding tert-OH is 2. The molecular weight excluding hydrogens is 404 g/mol. The highest BCUT2D eigenvalue weighted by molar-refractivity contribution is 6.05. The van der Waals surface area contributed by atoms with Gasteiger partial charge in [-0.25, -0.2) is 4.79 Å². The van der Waals surface area contributed by atoms with E-state index < -0.39 is 41.5 Å². The number of ether oxygens (including phenoxy) is 1. The molecule has 2 aromatic heterocycles. The van der Waals surface area contributed by atoms with Crippen LogP contribution in [0, 0.1) is 6.92 Å². The Kier molecular flexibility index (Phi) is 5.68. The van der Waals surface area contributed by atoms with Gasteiger partial charge in [0.25, 0.3) is 11.5 Å². The molecule has 1 saturated heterocycles. The third-order valence-electron chi connectivity index (χ3n) is 5.40. The monoisotopic (exact) mass is 426 g/mol. The molecule has 10 nitrogen and oxygen atoms in total. The first-order chi connectivity index (χ1) is 14.8. The highest BCUT2D eigenvalue weighted by atomic mass is 16.5. The third kappa shape index (κ3) is 4.13. The Morgan fingerprint density at radius 3 is 2.84 bits per heavy atom. The number of aryl methyl sites for hydroxylation is 1. The van der Waals surface area contributed by atoms with Gasteiger partial charge in [0, 0.05) is 23.3 Å². The Balaban J connectivity index is 1.47. The maximum atomic E-state index is 12.8. The van der Waals surface area contributed by atoms with Crippen LogP contribution < -0.4 is 16.6 Å². The summed E-state index contributed by atoms with van der Waals surface area (Å²) in [7, 11) is 0. The molecular formula is C21H22N4O6. The smallest absolute Gasteiger partial charge is 0.328 e. The third-order valence-corrected chi connectivity index (χ3v) is 5.40. The van der Waals surface area contributed by atoms with Crippen molar-refractivity contribution in [3.05, 3.63) is 74.8 Å². The molecule has 0 saturated carbocycles. The van der Waals surface area contributed by atoms with Gasteiger partial charge >= 0.3 is 5.69 Å². The first kappa shape index (κ1) is 20.9. The summed E-state index contributed by atoms with van der Waals surface area (Å²) >= 11 is 0. The Hall–Kier alpha value is -3.34. The zero-order chi connectivity index (χ0) is 22.1. The van der Waals surface area contributed by atoms with Gasteiger partial charge in [-0.1, -0.05) is 24.3 Å². The van der Waals surface area contributed by atoms with Crippen LogP contribution >= 0.6 is 0 Å². The van der Waals surface area contributed by atoms with Crippen LogP contribution in [0.25, 0.3) is 10.8 Å². The number of nitrogens with one attached hydrogen (secondary N) is 2. The Morgan fingerprint density at radius 2 is 2.03 bits per heavy atom. The van der Waals surface area contributed by atoms with Crippen molar-refractivity contribution in [2.45, 2.75) is 37.8 Å². The number of hydrogen-bond acceptors (Lipinski definition) is 7. The molecule has 1 aliphatic heterocycles.